The van der Waals surface area contributed by atoms with Gasteiger partial charge in [-0.3, -0.25) is 0 Å². The number of amides is 1. The van der Waals surface area contributed by atoms with Crippen LogP contribution in [0.4, 0.5) is 4.79 Å². The van der Waals surface area contributed by atoms with Gasteiger partial charge >= 0.3 is 12.1 Å². The Balaban J connectivity index is 1.24. The van der Waals surface area contributed by atoms with Gasteiger partial charge in [-0.25, -0.2) is 14.6 Å². The molecule has 1 atom stereocenters. The van der Waals surface area contributed by atoms with Crippen LogP contribution in [0.15, 0.2) is 91.1 Å². The van der Waals surface area contributed by atoms with E-state index in [0.717, 1.165) is 33.4 Å². The second-order valence-electron chi connectivity index (χ2n) is 9.91. The van der Waals surface area contributed by atoms with Gasteiger partial charge in [0.25, 0.3) is 0 Å². The molecule has 0 spiro atoms. The first-order valence-corrected chi connectivity index (χ1v) is 13.3. The van der Waals surface area contributed by atoms with Crippen molar-refractivity contribution in [1.29, 1.82) is 0 Å². The Morgan fingerprint density at radius 2 is 1.62 bits per heavy atom. The highest BCUT2D eigenvalue weighted by Crippen LogP contribution is 2.44. The van der Waals surface area contributed by atoms with Crippen molar-refractivity contribution in [2.24, 2.45) is 0 Å². The molecule has 40 heavy (non-hydrogen) atoms. The summed E-state index contributed by atoms with van der Waals surface area (Å²) in [6.07, 6.45) is 0.880. The monoisotopic (exact) mass is 551 g/mol. The van der Waals surface area contributed by atoms with Crippen LogP contribution in [0.3, 0.4) is 0 Å². The number of carbonyl (C=O) groups is 2. The highest BCUT2D eigenvalue weighted by molar-refractivity contribution is 6.30. The maximum Gasteiger partial charge on any atom is 0.407 e. The number of aliphatic carboxylic acids is 1. The van der Waals surface area contributed by atoms with Crippen LogP contribution in [0.25, 0.3) is 28.0 Å². The molecule has 1 unspecified atom stereocenters. The lowest BCUT2D eigenvalue weighted by Gasteiger charge is -2.18. The number of alkyl carbamates (subject to hydrolysis) is 1. The lowest BCUT2D eigenvalue weighted by atomic mass is 9.98. The van der Waals surface area contributed by atoms with Gasteiger partial charge in [0.05, 0.1) is 16.4 Å². The minimum absolute atomic E-state index is 0.0236. The summed E-state index contributed by atoms with van der Waals surface area (Å²) in [5, 5.41) is 13.1. The number of nitrogens with one attached hydrogen (secondary N) is 1. The van der Waals surface area contributed by atoms with E-state index in [1.165, 1.54) is 0 Å². The first kappa shape index (κ1) is 25.6. The third-order valence-electron chi connectivity index (χ3n) is 7.34. The fraction of sp³-hybridized carbons (Fsp3) is 0.156. The molecule has 2 heterocycles. The zero-order chi connectivity index (χ0) is 27.8. The molecule has 0 fully saturated rings. The van der Waals surface area contributed by atoms with E-state index in [1.54, 1.807) is 22.7 Å². The van der Waals surface area contributed by atoms with Gasteiger partial charge in [0, 0.05) is 24.1 Å². The molecule has 7 nitrogen and oxygen atoms in total. The van der Waals surface area contributed by atoms with Gasteiger partial charge < -0.3 is 19.6 Å². The molecule has 3 aromatic carbocycles. The maximum absolute atomic E-state index is 12.9. The quantitative estimate of drug-likeness (QED) is 0.241. The number of ether oxygens (including phenoxy) is 1. The number of aromatic nitrogens is 2. The largest absolute Gasteiger partial charge is 0.480 e. The van der Waals surface area contributed by atoms with E-state index in [2.05, 4.69) is 17.4 Å². The highest BCUT2D eigenvalue weighted by atomic mass is 35.5. The van der Waals surface area contributed by atoms with E-state index in [0.29, 0.717) is 22.1 Å². The predicted octanol–water partition coefficient (Wildman–Crippen LogP) is 6.50. The molecule has 6 rings (SSSR count). The second kappa shape index (κ2) is 10.5. The lowest BCUT2D eigenvalue weighted by Crippen LogP contribution is -2.43. The molecule has 0 radical (unpaired) electrons. The fourth-order valence-electron chi connectivity index (χ4n) is 5.38. The Morgan fingerprint density at radius 3 is 2.27 bits per heavy atom. The normalized spacial score (nSPS) is 13.1. The topological polar surface area (TPSA) is 92.9 Å². The van der Waals surface area contributed by atoms with E-state index >= 15 is 0 Å². The Kier molecular flexibility index (Phi) is 6.74. The number of carboxylic acid groups (broad SMARTS) is 1. The van der Waals surface area contributed by atoms with Crippen LogP contribution in [0.5, 0.6) is 0 Å². The molecule has 1 aliphatic rings. The van der Waals surface area contributed by atoms with Crippen LogP contribution in [-0.2, 0) is 16.0 Å². The van der Waals surface area contributed by atoms with Crippen molar-refractivity contribution in [2.75, 3.05) is 6.61 Å². The van der Waals surface area contributed by atoms with Gasteiger partial charge in [0.1, 0.15) is 18.3 Å². The standard InChI is InChI=1S/C32H26ClN3O4/c1-19-10-12-20(13-11-19)30-28(36-17-21(33)14-15-29(36)35-30)16-27(31(37)38)34-32(39)40-18-26-24-8-4-2-6-22(24)23-7-3-5-9-25(23)26/h2-15,17,26-27H,16,18H2,1H3,(H,34,39)(H,37,38). The van der Waals surface area contributed by atoms with Crippen LogP contribution in [0.2, 0.25) is 5.02 Å². The summed E-state index contributed by atoms with van der Waals surface area (Å²) in [7, 11) is 0. The molecule has 0 saturated carbocycles. The van der Waals surface area contributed by atoms with Crippen LogP contribution in [0.1, 0.15) is 28.3 Å². The zero-order valence-electron chi connectivity index (χ0n) is 21.7. The number of benzene rings is 3. The summed E-state index contributed by atoms with van der Waals surface area (Å²) in [6, 6.07) is 26.2. The molecule has 1 amide bonds. The van der Waals surface area contributed by atoms with Crippen molar-refractivity contribution >= 4 is 29.3 Å². The zero-order valence-corrected chi connectivity index (χ0v) is 22.4. The molecule has 0 saturated heterocycles. The average Bonchev–Trinajstić information content (AvgIpc) is 3.47. The molecule has 200 valence electrons. The molecule has 2 N–H and O–H groups in total. The number of pyridine rings is 1. The van der Waals surface area contributed by atoms with Crippen LogP contribution < -0.4 is 5.32 Å². The number of nitrogens with zero attached hydrogens (tertiary/aromatic N) is 2. The first-order chi connectivity index (χ1) is 19.4. The van der Waals surface area contributed by atoms with Gasteiger partial charge in [-0.05, 0) is 41.3 Å². The number of carbonyl (C=O) groups excluding carboxylic acids is 1. The number of fused-ring (bicyclic) bond motifs is 4. The molecular weight excluding hydrogens is 526 g/mol. The van der Waals surface area contributed by atoms with E-state index in [4.69, 9.17) is 21.3 Å². The number of imidazole rings is 1. The Bertz CT molecular complexity index is 1700. The van der Waals surface area contributed by atoms with Gasteiger partial charge in [-0.2, -0.15) is 0 Å². The SMILES string of the molecule is Cc1ccc(-c2nc3ccc(Cl)cn3c2CC(NC(=O)OCC2c3ccccc3-c3ccccc32)C(=O)O)cc1. The number of hydrogen-bond donors (Lipinski definition) is 2. The van der Waals surface area contributed by atoms with Crippen molar-refractivity contribution < 1.29 is 19.4 Å². The Morgan fingerprint density at radius 1 is 0.975 bits per heavy atom. The molecule has 2 aromatic heterocycles. The third kappa shape index (κ3) is 4.80. The number of hydrogen-bond acceptors (Lipinski definition) is 4. The van der Waals surface area contributed by atoms with Gasteiger partial charge in [-0.1, -0.05) is 90.0 Å². The summed E-state index contributed by atoms with van der Waals surface area (Å²) in [6.45, 7) is 2.08. The van der Waals surface area contributed by atoms with Crippen LogP contribution in [0, 0.1) is 6.92 Å². The highest BCUT2D eigenvalue weighted by Gasteiger charge is 2.30. The molecule has 8 heteroatoms. The average molecular weight is 552 g/mol. The van der Waals surface area contributed by atoms with E-state index in [9.17, 15) is 14.7 Å². The molecule has 1 aliphatic carbocycles. The minimum atomic E-state index is -1.25. The Hall–Kier alpha value is -4.62. The van der Waals surface area contributed by atoms with Gasteiger partial charge in [0.15, 0.2) is 0 Å². The van der Waals surface area contributed by atoms with E-state index in [-0.39, 0.29) is 18.9 Å². The summed E-state index contributed by atoms with van der Waals surface area (Å²) in [5.41, 5.74) is 8.20. The maximum atomic E-state index is 12.9. The Labute approximate surface area is 236 Å². The third-order valence-corrected chi connectivity index (χ3v) is 7.56. The summed E-state index contributed by atoms with van der Waals surface area (Å²) in [5.74, 6) is -1.31. The van der Waals surface area contributed by atoms with Gasteiger partial charge in [0.2, 0.25) is 0 Å². The minimum Gasteiger partial charge on any atom is -0.480 e. The van der Waals surface area contributed by atoms with Crippen LogP contribution >= 0.6 is 11.6 Å². The number of rotatable bonds is 7. The predicted molar refractivity (Wildman–Crippen MR) is 154 cm³/mol. The first-order valence-electron chi connectivity index (χ1n) is 13.0. The van der Waals surface area contributed by atoms with Crippen molar-refractivity contribution in [3.05, 3.63) is 119 Å². The lowest BCUT2D eigenvalue weighted by molar-refractivity contribution is -0.139. The van der Waals surface area contributed by atoms with Crippen molar-refractivity contribution in [2.45, 2.75) is 25.3 Å². The number of carboxylic acids is 1. The second-order valence-corrected chi connectivity index (χ2v) is 10.3. The number of aryl methyl sites for hydroxylation is 1. The van der Waals surface area contributed by atoms with E-state index < -0.39 is 18.1 Å². The van der Waals surface area contributed by atoms with Crippen molar-refractivity contribution in [3.63, 3.8) is 0 Å². The van der Waals surface area contributed by atoms with Gasteiger partial charge in [-0.15, -0.1) is 0 Å². The van der Waals surface area contributed by atoms with Crippen molar-refractivity contribution in [3.8, 4) is 22.4 Å². The summed E-state index contributed by atoms with van der Waals surface area (Å²) >= 11 is 6.27. The van der Waals surface area contributed by atoms with Crippen molar-refractivity contribution in [1.82, 2.24) is 14.7 Å². The molecule has 0 aliphatic heterocycles. The smallest absolute Gasteiger partial charge is 0.407 e. The summed E-state index contributed by atoms with van der Waals surface area (Å²) < 4.78 is 7.39. The van der Waals surface area contributed by atoms with E-state index in [1.807, 2.05) is 67.6 Å². The molecule has 5 aromatic rings. The number of halogens is 1. The molecular formula is C32H26ClN3O4. The fourth-order valence-corrected chi connectivity index (χ4v) is 5.54. The molecule has 0 bridgehead atoms. The summed E-state index contributed by atoms with van der Waals surface area (Å²) in [4.78, 5) is 30.0. The van der Waals surface area contributed by atoms with Crippen LogP contribution in [-0.4, -0.2) is 39.2 Å².